The first kappa shape index (κ1) is 23.8. The Morgan fingerprint density at radius 1 is 1.09 bits per heavy atom. The van der Waals surface area contributed by atoms with E-state index in [4.69, 9.17) is 16.3 Å². The number of nitriles is 1. The summed E-state index contributed by atoms with van der Waals surface area (Å²) in [7, 11) is 0. The number of amides is 1. The van der Waals surface area contributed by atoms with Gasteiger partial charge < -0.3 is 10.1 Å². The minimum absolute atomic E-state index is 0.00935. The lowest BCUT2D eigenvalue weighted by Crippen LogP contribution is -2.20. The normalized spacial score (nSPS) is 11.6. The number of nitrogens with one attached hydrogen (secondary N) is 1. The van der Waals surface area contributed by atoms with Crippen molar-refractivity contribution in [3.05, 3.63) is 94.3 Å². The number of rotatable bonds is 6. The molecule has 0 aliphatic rings. The van der Waals surface area contributed by atoms with E-state index in [0.29, 0.717) is 5.56 Å². The molecule has 0 unspecified atom stereocenters. The molecule has 0 aromatic heterocycles. The van der Waals surface area contributed by atoms with E-state index in [2.05, 4.69) is 5.32 Å². The summed E-state index contributed by atoms with van der Waals surface area (Å²) in [6, 6.07) is 16.4. The van der Waals surface area contributed by atoms with Crippen molar-refractivity contribution in [1.82, 2.24) is 0 Å². The number of benzene rings is 3. The summed E-state index contributed by atoms with van der Waals surface area (Å²) >= 11 is 6.18. The number of ether oxygens (including phenoxy) is 1. The second kappa shape index (κ2) is 10.2. The van der Waals surface area contributed by atoms with Crippen LogP contribution in [0.1, 0.15) is 16.7 Å². The average molecular weight is 475 g/mol. The molecule has 9 heteroatoms. The number of allylic oxidation sites excluding steroid dienone is 1. The summed E-state index contributed by atoms with van der Waals surface area (Å²) < 4.78 is 57.8. The number of hydrogen-bond donors (Lipinski definition) is 1. The zero-order chi connectivity index (χ0) is 24.0. The van der Waals surface area contributed by atoms with Gasteiger partial charge >= 0.3 is 6.18 Å². The Kier molecular flexibility index (Phi) is 7.36. The standard InChI is InChI=1S/C24H15ClF4N2O2/c25-19-11-15(10-17(13-30)16-4-3-5-18(12-16)24(27,28)29)8-9-22(19)33-14-23(32)31-21-7-2-1-6-20(21)26/h1-12H,14H2,(H,31,32)/b17-10-. The van der Waals surface area contributed by atoms with E-state index in [1.807, 2.05) is 6.07 Å². The zero-order valence-electron chi connectivity index (χ0n) is 16.8. The van der Waals surface area contributed by atoms with Crippen molar-refractivity contribution in [2.75, 3.05) is 11.9 Å². The summed E-state index contributed by atoms with van der Waals surface area (Å²) in [5.41, 5.74) is -0.297. The fourth-order valence-corrected chi connectivity index (χ4v) is 3.07. The van der Waals surface area contributed by atoms with Crippen molar-refractivity contribution in [1.29, 1.82) is 5.26 Å². The van der Waals surface area contributed by atoms with Crippen LogP contribution >= 0.6 is 11.6 Å². The molecule has 3 aromatic carbocycles. The highest BCUT2D eigenvalue weighted by Gasteiger charge is 2.30. The van der Waals surface area contributed by atoms with Crippen LogP contribution in [0.2, 0.25) is 5.02 Å². The molecule has 0 fully saturated rings. The summed E-state index contributed by atoms with van der Waals surface area (Å²) in [5.74, 6) is -1.03. The molecule has 0 bridgehead atoms. The van der Waals surface area contributed by atoms with E-state index in [9.17, 15) is 27.6 Å². The van der Waals surface area contributed by atoms with Crippen LogP contribution in [0.3, 0.4) is 0 Å². The first-order valence-corrected chi connectivity index (χ1v) is 9.81. The molecule has 0 radical (unpaired) electrons. The fourth-order valence-electron chi connectivity index (χ4n) is 2.83. The molecule has 0 spiro atoms. The number of para-hydroxylation sites is 1. The number of carbonyl (C=O) groups is 1. The van der Waals surface area contributed by atoms with Gasteiger partial charge in [-0.25, -0.2) is 4.39 Å². The molecule has 0 saturated carbocycles. The molecular formula is C24H15ClF4N2O2. The second-order valence-electron chi connectivity index (χ2n) is 6.75. The summed E-state index contributed by atoms with van der Waals surface area (Å²) in [5, 5.41) is 11.9. The smallest absolute Gasteiger partial charge is 0.416 e. The monoisotopic (exact) mass is 474 g/mol. The molecule has 1 N–H and O–H groups in total. The van der Waals surface area contributed by atoms with Crippen LogP contribution in [-0.4, -0.2) is 12.5 Å². The van der Waals surface area contributed by atoms with Crippen LogP contribution in [0, 0.1) is 17.1 Å². The number of hydrogen-bond acceptors (Lipinski definition) is 3. The Morgan fingerprint density at radius 3 is 2.52 bits per heavy atom. The van der Waals surface area contributed by atoms with E-state index in [1.165, 1.54) is 54.6 Å². The van der Waals surface area contributed by atoms with Gasteiger partial charge in [-0.1, -0.05) is 41.9 Å². The Labute approximate surface area is 191 Å². The molecule has 0 aliphatic heterocycles. The molecule has 3 aromatic rings. The van der Waals surface area contributed by atoms with Crippen LogP contribution in [0.5, 0.6) is 5.75 Å². The molecule has 168 valence electrons. The van der Waals surface area contributed by atoms with Gasteiger partial charge in [-0.2, -0.15) is 18.4 Å². The maximum Gasteiger partial charge on any atom is 0.416 e. The minimum atomic E-state index is -4.53. The van der Waals surface area contributed by atoms with Crippen molar-refractivity contribution in [3.8, 4) is 11.8 Å². The predicted octanol–water partition coefficient (Wildman–Crippen LogP) is 6.58. The van der Waals surface area contributed by atoms with Crippen molar-refractivity contribution in [2.24, 2.45) is 0 Å². The summed E-state index contributed by atoms with van der Waals surface area (Å²) in [4.78, 5) is 12.0. The predicted molar refractivity (Wildman–Crippen MR) is 117 cm³/mol. The van der Waals surface area contributed by atoms with E-state index >= 15 is 0 Å². The largest absolute Gasteiger partial charge is 0.482 e. The van der Waals surface area contributed by atoms with Gasteiger partial charge in [0.05, 0.1) is 27.9 Å². The fraction of sp³-hybridized carbons (Fsp3) is 0.0833. The zero-order valence-corrected chi connectivity index (χ0v) is 17.5. The Hall–Kier alpha value is -3.83. The molecule has 0 atom stereocenters. The summed E-state index contributed by atoms with van der Waals surface area (Å²) in [6.07, 6.45) is -3.15. The van der Waals surface area contributed by atoms with E-state index in [-0.39, 0.29) is 27.6 Å². The maximum atomic E-state index is 13.6. The third-order valence-electron chi connectivity index (χ3n) is 4.40. The first-order valence-electron chi connectivity index (χ1n) is 9.43. The Bertz CT molecular complexity index is 1250. The number of alkyl halides is 3. The minimum Gasteiger partial charge on any atom is -0.482 e. The van der Waals surface area contributed by atoms with E-state index in [0.717, 1.165) is 12.1 Å². The number of nitrogens with zero attached hydrogens (tertiary/aromatic N) is 1. The molecule has 33 heavy (non-hydrogen) atoms. The van der Waals surface area contributed by atoms with Gasteiger partial charge in [0.2, 0.25) is 0 Å². The Balaban J connectivity index is 1.72. The van der Waals surface area contributed by atoms with Crippen LogP contribution in [-0.2, 0) is 11.0 Å². The first-order chi connectivity index (χ1) is 15.7. The van der Waals surface area contributed by atoms with Gasteiger partial charge in [-0.3, -0.25) is 4.79 Å². The Morgan fingerprint density at radius 2 is 1.85 bits per heavy atom. The highest BCUT2D eigenvalue weighted by Crippen LogP contribution is 2.32. The molecular weight excluding hydrogens is 460 g/mol. The van der Waals surface area contributed by atoms with Crippen molar-refractivity contribution >= 4 is 34.8 Å². The third kappa shape index (κ3) is 6.34. The topological polar surface area (TPSA) is 62.1 Å². The van der Waals surface area contributed by atoms with Crippen LogP contribution in [0.25, 0.3) is 11.6 Å². The van der Waals surface area contributed by atoms with Crippen LogP contribution < -0.4 is 10.1 Å². The number of anilines is 1. The van der Waals surface area contributed by atoms with Crippen LogP contribution in [0.15, 0.2) is 66.7 Å². The van der Waals surface area contributed by atoms with Gasteiger partial charge in [0, 0.05) is 0 Å². The third-order valence-corrected chi connectivity index (χ3v) is 4.69. The molecule has 0 heterocycles. The molecule has 4 nitrogen and oxygen atoms in total. The quantitative estimate of drug-likeness (QED) is 0.249. The lowest BCUT2D eigenvalue weighted by molar-refractivity contribution is -0.137. The highest BCUT2D eigenvalue weighted by atomic mass is 35.5. The lowest BCUT2D eigenvalue weighted by Gasteiger charge is -2.10. The number of halogens is 5. The van der Waals surface area contributed by atoms with Gasteiger partial charge in [-0.15, -0.1) is 0 Å². The van der Waals surface area contributed by atoms with Crippen molar-refractivity contribution < 1.29 is 27.1 Å². The molecule has 0 saturated heterocycles. The van der Waals surface area contributed by atoms with Crippen molar-refractivity contribution in [2.45, 2.75) is 6.18 Å². The lowest BCUT2D eigenvalue weighted by atomic mass is 10.0. The molecule has 0 aliphatic carbocycles. The average Bonchev–Trinajstić information content (AvgIpc) is 2.78. The van der Waals surface area contributed by atoms with E-state index < -0.39 is 30.1 Å². The van der Waals surface area contributed by atoms with Gasteiger partial charge in [0.1, 0.15) is 11.6 Å². The second-order valence-corrected chi connectivity index (χ2v) is 7.16. The molecule has 3 rings (SSSR count). The van der Waals surface area contributed by atoms with Crippen molar-refractivity contribution in [3.63, 3.8) is 0 Å². The summed E-state index contributed by atoms with van der Waals surface area (Å²) in [6.45, 7) is -0.434. The van der Waals surface area contributed by atoms with Gasteiger partial charge in [0.15, 0.2) is 6.61 Å². The SMILES string of the molecule is N#C/C(=C/c1ccc(OCC(=O)Nc2ccccc2F)c(Cl)c1)c1cccc(C(F)(F)F)c1. The van der Waals surface area contributed by atoms with Gasteiger partial charge in [0.25, 0.3) is 5.91 Å². The van der Waals surface area contributed by atoms with E-state index in [1.54, 1.807) is 6.07 Å². The van der Waals surface area contributed by atoms with Gasteiger partial charge in [-0.05, 0) is 53.6 Å². The van der Waals surface area contributed by atoms with Crippen LogP contribution in [0.4, 0.5) is 23.2 Å². The molecule has 1 amide bonds. The maximum absolute atomic E-state index is 13.6. The highest BCUT2D eigenvalue weighted by molar-refractivity contribution is 6.32. The number of carbonyl (C=O) groups excluding carboxylic acids is 1.